The van der Waals surface area contributed by atoms with Gasteiger partial charge >= 0.3 is 12.4 Å². The smallest absolute Gasteiger partial charge is 0.352 e. The van der Waals surface area contributed by atoms with E-state index in [0.717, 1.165) is 44.3 Å². The van der Waals surface area contributed by atoms with Gasteiger partial charge in [-0.05, 0) is 105 Å². The van der Waals surface area contributed by atoms with Crippen molar-refractivity contribution in [3.05, 3.63) is 70.5 Å². The van der Waals surface area contributed by atoms with Crippen LogP contribution in [-0.2, 0) is 23.7 Å². The highest BCUT2D eigenvalue weighted by Gasteiger charge is 2.38. The number of likely N-dealkylation sites (tertiary alicyclic amines) is 1. The fraction of sp³-hybridized carbons (Fsp3) is 0.519. The van der Waals surface area contributed by atoms with Gasteiger partial charge in [0.05, 0.1) is 11.1 Å². The molecule has 1 heterocycles. The molecule has 1 aliphatic carbocycles. The van der Waals surface area contributed by atoms with E-state index in [1.807, 2.05) is 12.1 Å². The number of carbonyl (C=O) groups excluding carboxylic acids is 1. The largest absolute Gasteiger partial charge is 0.416 e. The summed E-state index contributed by atoms with van der Waals surface area (Å²) >= 11 is 0. The predicted octanol–water partition coefficient (Wildman–Crippen LogP) is 6.78. The van der Waals surface area contributed by atoms with Gasteiger partial charge in [-0.2, -0.15) is 26.3 Å². The number of benzene rings is 2. The molecule has 0 unspecified atom stereocenters. The van der Waals surface area contributed by atoms with Gasteiger partial charge in [0.2, 0.25) is 5.91 Å². The number of halogens is 7. The number of nitrogens with one attached hydrogen (secondary N) is 1. The van der Waals surface area contributed by atoms with Crippen molar-refractivity contribution in [2.75, 3.05) is 19.6 Å². The van der Waals surface area contributed by atoms with E-state index >= 15 is 0 Å². The van der Waals surface area contributed by atoms with E-state index in [-0.39, 0.29) is 35.2 Å². The van der Waals surface area contributed by atoms with Gasteiger partial charge in [0.15, 0.2) is 0 Å². The first-order chi connectivity index (χ1) is 17.4. The Labute approximate surface area is 211 Å². The Kier molecular flexibility index (Phi) is 8.16. The van der Waals surface area contributed by atoms with Crippen LogP contribution >= 0.6 is 0 Å². The van der Waals surface area contributed by atoms with E-state index in [4.69, 9.17) is 0 Å². The number of alkyl halides is 6. The number of piperidine rings is 1. The van der Waals surface area contributed by atoms with Gasteiger partial charge in [0.1, 0.15) is 5.82 Å². The van der Waals surface area contributed by atoms with Gasteiger partial charge in [0, 0.05) is 12.5 Å². The maximum atomic E-state index is 13.2. The van der Waals surface area contributed by atoms with E-state index in [9.17, 15) is 35.5 Å². The number of amides is 1. The molecule has 2 aliphatic rings. The van der Waals surface area contributed by atoms with Crippen molar-refractivity contribution in [2.24, 2.45) is 11.8 Å². The first kappa shape index (κ1) is 27.4. The first-order valence-corrected chi connectivity index (χ1v) is 12.4. The van der Waals surface area contributed by atoms with E-state index in [1.54, 1.807) is 0 Å². The van der Waals surface area contributed by atoms with Crippen LogP contribution in [0, 0.1) is 17.7 Å². The monoisotopic (exact) mass is 530 g/mol. The van der Waals surface area contributed by atoms with Gasteiger partial charge < -0.3 is 10.2 Å². The van der Waals surface area contributed by atoms with Crippen LogP contribution in [0.15, 0.2) is 42.5 Å². The minimum absolute atomic E-state index is 0.0809. The van der Waals surface area contributed by atoms with Crippen LogP contribution in [0.5, 0.6) is 0 Å². The van der Waals surface area contributed by atoms with E-state index in [1.165, 1.54) is 12.1 Å². The molecule has 2 aromatic carbocycles. The van der Waals surface area contributed by atoms with E-state index in [2.05, 4.69) is 10.2 Å². The lowest BCUT2D eigenvalue weighted by Crippen LogP contribution is -2.37. The summed E-state index contributed by atoms with van der Waals surface area (Å²) in [7, 11) is 0. The Morgan fingerprint density at radius 3 is 1.97 bits per heavy atom. The lowest BCUT2D eigenvalue weighted by molar-refractivity contribution is -0.143. The molecule has 1 N–H and O–H groups in total. The van der Waals surface area contributed by atoms with Crippen LogP contribution in [0.2, 0.25) is 0 Å². The van der Waals surface area contributed by atoms with Crippen molar-refractivity contribution in [3.63, 3.8) is 0 Å². The van der Waals surface area contributed by atoms with Crippen molar-refractivity contribution in [2.45, 2.75) is 56.9 Å². The zero-order chi connectivity index (χ0) is 26.8. The molecule has 10 heteroatoms. The average Bonchev–Trinajstić information content (AvgIpc) is 3.68. The van der Waals surface area contributed by atoms with Gasteiger partial charge in [-0.3, -0.25) is 4.79 Å². The van der Waals surface area contributed by atoms with Crippen LogP contribution in [0.3, 0.4) is 0 Å². The van der Waals surface area contributed by atoms with Crippen LogP contribution in [0.4, 0.5) is 30.7 Å². The molecule has 0 aromatic heterocycles. The van der Waals surface area contributed by atoms with Crippen LogP contribution in [0.1, 0.15) is 60.3 Å². The van der Waals surface area contributed by atoms with Crippen LogP contribution in [-0.4, -0.2) is 30.4 Å². The Morgan fingerprint density at radius 2 is 1.46 bits per heavy atom. The summed E-state index contributed by atoms with van der Waals surface area (Å²) in [4.78, 5) is 15.2. The normalized spacial score (nSPS) is 18.6. The molecule has 0 spiro atoms. The zero-order valence-electron chi connectivity index (χ0n) is 20.1. The molecule has 1 saturated heterocycles. The zero-order valence-corrected chi connectivity index (χ0v) is 20.1. The summed E-state index contributed by atoms with van der Waals surface area (Å²) in [6, 6.07) is 7.92. The Hall–Kier alpha value is -2.62. The van der Waals surface area contributed by atoms with Crippen molar-refractivity contribution >= 4 is 5.91 Å². The van der Waals surface area contributed by atoms with Gasteiger partial charge in [-0.25, -0.2) is 4.39 Å². The molecular weight excluding hydrogens is 501 g/mol. The fourth-order valence-corrected chi connectivity index (χ4v) is 5.07. The molecule has 0 radical (unpaired) electrons. The molecule has 202 valence electrons. The molecule has 2 aromatic rings. The summed E-state index contributed by atoms with van der Waals surface area (Å²) < 4.78 is 91.9. The molecule has 1 aliphatic heterocycles. The van der Waals surface area contributed by atoms with Crippen molar-refractivity contribution in [1.82, 2.24) is 10.2 Å². The molecule has 0 bridgehead atoms. The number of nitrogens with zero attached hydrogens (tertiary/aromatic N) is 1. The fourth-order valence-electron chi connectivity index (χ4n) is 5.07. The van der Waals surface area contributed by atoms with Crippen molar-refractivity contribution < 1.29 is 35.5 Å². The molecule has 3 nitrogen and oxygen atoms in total. The quantitative estimate of drug-likeness (QED) is 0.382. The maximum absolute atomic E-state index is 13.2. The number of carbonyl (C=O) groups is 1. The Balaban J connectivity index is 1.31. The highest BCUT2D eigenvalue weighted by Crippen LogP contribution is 2.40. The van der Waals surface area contributed by atoms with Gasteiger partial charge in [0.25, 0.3) is 0 Å². The van der Waals surface area contributed by atoms with Crippen LogP contribution < -0.4 is 5.32 Å². The van der Waals surface area contributed by atoms with E-state index < -0.39 is 30.0 Å². The minimum atomic E-state index is -4.93. The lowest BCUT2D eigenvalue weighted by Gasteiger charge is -2.33. The molecule has 4 rings (SSSR count). The number of rotatable bonds is 8. The highest BCUT2D eigenvalue weighted by atomic mass is 19.4. The summed E-state index contributed by atoms with van der Waals surface area (Å²) in [5.74, 6) is -0.394. The lowest BCUT2D eigenvalue weighted by atomic mass is 9.89. The molecule has 1 amide bonds. The predicted molar refractivity (Wildman–Crippen MR) is 124 cm³/mol. The second-order valence-corrected chi connectivity index (χ2v) is 10.0. The SMILES string of the molecule is O=C(NCc1cc(C(F)(F)F)cc(C(F)(F)F)c1)[C@@H](CCN1CCC(c2ccc(F)cc2)CC1)C1CC1. The summed E-state index contributed by atoms with van der Waals surface area (Å²) in [5.41, 5.74) is -1.92. The molecule has 37 heavy (non-hydrogen) atoms. The highest BCUT2D eigenvalue weighted by molar-refractivity contribution is 5.79. The minimum Gasteiger partial charge on any atom is -0.352 e. The van der Waals surface area contributed by atoms with Gasteiger partial charge in [-0.1, -0.05) is 12.1 Å². The van der Waals surface area contributed by atoms with Crippen molar-refractivity contribution in [3.8, 4) is 0 Å². The topological polar surface area (TPSA) is 32.3 Å². The second-order valence-electron chi connectivity index (χ2n) is 10.0. The average molecular weight is 531 g/mol. The third-order valence-electron chi connectivity index (χ3n) is 7.33. The summed E-state index contributed by atoms with van der Waals surface area (Å²) in [6.07, 6.45) is -5.68. The standard InChI is InChI=1S/C27H29F7N2O/c28-23-5-3-18(4-6-23)19-7-10-36(11-8-19)12-9-24(20-1-2-20)25(37)35-16-17-13-21(26(29,30)31)15-22(14-17)27(32,33)34/h3-6,13-15,19-20,24H,1-2,7-12,16H2,(H,35,37)/t24-/m0/s1. The Morgan fingerprint density at radius 1 is 0.892 bits per heavy atom. The van der Waals surface area contributed by atoms with Crippen molar-refractivity contribution in [1.29, 1.82) is 0 Å². The summed E-state index contributed by atoms with van der Waals surface area (Å²) in [6.45, 7) is 1.96. The van der Waals surface area contributed by atoms with Gasteiger partial charge in [-0.15, -0.1) is 0 Å². The maximum Gasteiger partial charge on any atom is 0.416 e. The molecular formula is C27H29F7N2O. The second kappa shape index (κ2) is 11.0. The molecule has 1 saturated carbocycles. The third-order valence-corrected chi connectivity index (χ3v) is 7.33. The summed E-state index contributed by atoms with van der Waals surface area (Å²) in [5, 5.41) is 2.58. The van der Waals surface area contributed by atoms with Crippen LogP contribution in [0.25, 0.3) is 0 Å². The first-order valence-electron chi connectivity index (χ1n) is 12.4. The third kappa shape index (κ3) is 7.46. The number of hydrogen-bond donors (Lipinski definition) is 1. The number of hydrogen-bond acceptors (Lipinski definition) is 2. The molecule has 1 atom stereocenters. The Bertz CT molecular complexity index is 1040. The molecule has 2 fully saturated rings. The van der Waals surface area contributed by atoms with E-state index in [0.29, 0.717) is 31.0 Å².